The fourth-order valence-corrected chi connectivity index (χ4v) is 2.25. The van der Waals surface area contributed by atoms with Gasteiger partial charge in [0.2, 0.25) is 0 Å². The number of benzene rings is 1. The molecule has 3 rings (SSSR count). The lowest BCUT2D eigenvalue weighted by atomic mass is 10.1. The molecule has 0 spiro atoms. The third-order valence-corrected chi connectivity index (χ3v) is 3.13. The lowest BCUT2D eigenvalue weighted by Crippen LogP contribution is -2.18. The Balaban J connectivity index is 1.84. The first-order chi connectivity index (χ1) is 8.90. The molecule has 0 saturated carbocycles. The van der Waals surface area contributed by atoms with Crippen LogP contribution in [0.3, 0.4) is 0 Å². The first kappa shape index (κ1) is 11.4. The van der Waals surface area contributed by atoms with Crippen molar-refractivity contribution in [3.05, 3.63) is 65.0 Å². The molecule has 1 aliphatic rings. The highest BCUT2D eigenvalue weighted by atomic mass is 14.9. The summed E-state index contributed by atoms with van der Waals surface area (Å²) in [5.41, 5.74) is 4.86. The van der Waals surface area contributed by atoms with Gasteiger partial charge in [0.1, 0.15) is 0 Å². The molecule has 1 aliphatic heterocycles. The molecule has 0 fully saturated rings. The van der Waals surface area contributed by atoms with Crippen LogP contribution in [0.4, 0.5) is 0 Å². The van der Waals surface area contributed by atoms with Gasteiger partial charge in [0, 0.05) is 26.2 Å². The Labute approximate surface area is 107 Å². The maximum absolute atomic E-state index is 4.62. The standard InChI is InChI=1S/C15H17N3/c1-3-12-7-13(4-1)9-17-11-15-6-2-5-14(18-15)10-16-8-12/h1-7,16-17H,8-11H2. The van der Waals surface area contributed by atoms with Gasteiger partial charge in [-0.25, -0.2) is 0 Å². The van der Waals surface area contributed by atoms with Crippen molar-refractivity contribution in [1.82, 2.24) is 15.6 Å². The van der Waals surface area contributed by atoms with Gasteiger partial charge in [0.25, 0.3) is 0 Å². The van der Waals surface area contributed by atoms with Gasteiger partial charge in [-0.3, -0.25) is 4.98 Å². The first-order valence-electron chi connectivity index (χ1n) is 6.34. The summed E-state index contributed by atoms with van der Waals surface area (Å²) in [5.74, 6) is 0. The molecule has 4 bridgehead atoms. The minimum atomic E-state index is 0.818. The summed E-state index contributed by atoms with van der Waals surface area (Å²) in [6.07, 6.45) is 0. The average Bonchev–Trinajstić information content (AvgIpc) is 2.39. The Morgan fingerprint density at radius 3 is 1.89 bits per heavy atom. The first-order valence-corrected chi connectivity index (χ1v) is 6.34. The van der Waals surface area contributed by atoms with E-state index in [1.54, 1.807) is 0 Å². The molecule has 2 N–H and O–H groups in total. The third-order valence-electron chi connectivity index (χ3n) is 3.13. The summed E-state index contributed by atoms with van der Waals surface area (Å²) in [6, 6.07) is 14.9. The SMILES string of the molecule is c1cc2cc(c1)CNCc1cccc(n1)CNC2. The van der Waals surface area contributed by atoms with Gasteiger partial charge in [-0.1, -0.05) is 30.3 Å². The third kappa shape index (κ3) is 2.75. The van der Waals surface area contributed by atoms with Crippen molar-refractivity contribution in [3.8, 4) is 0 Å². The molecule has 0 aliphatic carbocycles. The van der Waals surface area contributed by atoms with E-state index in [-0.39, 0.29) is 0 Å². The topological polar surface area (TPSA) is 37.0 Å². The summed E-state index contributed by atoms with van der Waals surface area (Å²) in [5, 5.41) is 6.88. The van der Waals surface area contributed by atoms with Crippen molar-refractivity contribution in [2.75, 3.05) is 0 Å². The van der Waals surface area contributed by atoms with E-state index >= 15 is 0 Å². The quantitative estimate of drug-likeness (QED) is 0.738. The normalized spacial score (nSPS) is 15.6. The molecule has 18 heavy (non-hydrogen) atoms. The van der Waals surface area contributed by atoms with Gasteiger partial charge in [-0.05, 0) is 23.3 Å². The Kier molecular flexibility index (Phi) is 3.35. The summed E-state index contributed by atoms with van der Waals surface area (Å²) < 4.78 is 0. The lowest BCUT2D eigenvalue weighted by molar-refractivity contribution is 0.645. The minimum absolute atomic E-state index is 0.818. The van der Waals surface area contributed by atoms with Crippen molar-refractivity contribution in [1.29, 1.82) is 0 Å². The second kappa shape index (κ2) is 5.29. The fraction of sp³-hybridized carbons (Fsp3) is 0.267. The average molecular weight is 239 g/mol. The molecule has 3 nitrogen and oxygen atoms in total. The van der Waals surface area contributed by atoms with Crippen molar-refractivity contribution in [3.63, 3.8) is 0 Å². The number of aromatic nitrogens is 1. The molecule has 0 unspecified atom stereocenters. The molecule has 1 aromatic heterocycles. The van der Waals surface area contributed by atoms with E-state index in [0.717, 1.165) is 37.6 Å². The summed E-state index contributed by atoms with van der Waals surface area (Å²) >= 11 is 0. The van der Waals surface area contributed by atoms with Crippen molar-refractivity contribution in [2.24, 2.45) is 0 Å². The molecular formula is C15H17N3. The molecule has 0 saturated heterocycles. The summed E-state index contributed by atoms with van der Waals surface area (Å²) in [6.45, 7) is 3.41. The highest BCUT2D eigenvalue weighted by molar-refractivity contribution is 5.23. The zero-order valence-corrected chi connectivity index (χ0v) is 10.3. The van der Waals surface area contributed by atoms with E-state index in [2.05, 4.69) is 58.1 Å². The van der Waals surface area contributed by atoms with Crippen LogP contribution < -0.4 is 10.6 Å². The van der Waals surface area contributed by atoms with Crippen LogP contribution in [0.25, 0.3) is 0 Å². The van der Waals surface area contributed by atoms with Crippen LogP contribution >= 0.6 is 0 Å². The maximum atomic E-state index is 4.62. The summed E-state index contributed by atoms with van der Waals surface area (Å²) in [4.78, 5) is 4.62. The lowest BCUT2D eigenvalue weighted by Gasteiger charge is -2.11. The number of hydrogen-bond acceptors (Lipinski definition) is 3. The molecule has 92 valence electrons. The largest absolute Gasteiger partial charge is 0.307 e. The predicted octanol–water partition coefficient (Wildman–Crippen LogP) is 1.97. The number of rotatable bonds is 0. The Morgan fingerprint density at radius 2 is 1.28 bits per heavy atom. The molecule has 0 amide bonds. The highest BCUT2D eigenvalue weighted by Gasteiger charge is 2.02. The van der Waals surface area contributed by atoms with Crippen LogP contribution in [0.2, 0.25) is 0 Å². The van der Waals surface area contributed by atoms with Gasteiger partial charge >= 0.3 is 0 Å². The second-order valence-corrected chi connectivity index (χ2v) is 4.65. The number of nitrogens with one attached hydrogen (secondary N) is 2. The zero-order valence-electron chi connectivity index (χ0n) is 10.3. The van der Waals surface area contributed by atoms with Crippen LogP contribution in [-0.2, 0) is 26.2 Å². The van der Waals surface area contributed by atoms with E-state index in [1.807, 2.05) is 0 Å². The van der Waals surface area contributed by atoms with Crippen LogP contribution in [0, 0.1) is 0 Å². The summed E-state index contributed by atoms with van der Waals surface area (Å²) in [7, 11) is 0. The number of nitrogens with zero attached hydrogens (tertiary/aromatic N) is 1. The van der Waals surface area contributed by atoms with E-state index in [4.69, 9.17) is 0 Å². The molecule has 2 heterocycles. The van der Waals surface area contributed by atoms with Crippen molar-refractivity contribution >= 4 is 0 Å². The van der Waals surface area contributed by atoms with Crippen LogP contribution in [0.5, 0.6) is 0 Å². The Hall–Kier alpha value is -1.71. The molecule has 3 heteroatoms. The predicted molar refractivity (Wildman–Crippen MR) is 71.8 cm³/mol. The van der Waals surface area contributed by atoms with Crippen LogP contribution in [0.1, 0.15) is 22.5 Å². The number of pyridine rings is 1. The van der Waals surface area contributed by atoms with E-state index in [1.165, 1.54) is 11.1 Å². The smallest absolute Gasteiger partial charge is 0.0545 e. The van der Waals surface area contributed by atoms with Gasteiger partial charge in [0.05, 0.1) is 11.4 Å². The van der Waals surface area contributed by atoms with Crippen LogP contribution in [0.15, 0.2) is 42.5 Å². The molecule has 0 radical (unpaired) electrons. The van der Waals surface area contributed by atoms with Gasteiger partial charge in [0.15, 0.2) is 0 Å². The van der Waals surface area contributed by atoms with Crippen molar-refractivity contribution in [2.45, 2.75) is 26.2 Å². The van der Waals surface area contributed by atoms with E-state index < -0.39 is 0 Å². The second-order valence-electron chi connectivity index (χ2n) is 4.65. The van der Waals surface area contributed by atoms with Gasteiger partial charge < -0.3 is 10.6 Å². The molecule has 0 atom stereocenters. The number of hydrogen-bond donors (Lipinski definition) is 2. The highest BCUT2D eigenvalue weighted by Crippen LogP contribution is 2.07. The van der Waals surface area contributed by atoms with E-state index in [9.17, 15) is 0 Å². The Morgan fingerprint density at radius 1 is 0.722 bits per heavy atom. The fourth-order valence-electron chi connectivity index (χ4n) is 2.25. The minimum Gasteiger partial charge on any atom is -0.307 e. The molecular weight excluding hydrogens is 222 g/mol. The van der Waals surface area contributed by atoms with Crippen LogP contribution in [-0.4, -0.2) is 4.98 Å². The Bertz CT molecular complexity index is 449. The van der Waals surface area contributed by atoms with Crippen molar-refractivity contribution < 1.29 is 0 Å². The maximum Gasteiger partial charge on any atom is 0.0545 e. The van der Waals surface area contributed by atoms with E-state index in [0.29, 0.717) is 0 Å². The van der Waals surface area contributed by atoms with Gasteiger partial charge in [-0.2, -0.15) is 0 Å². The zero-order chi connectivity index (χ0) is 12.2. The molecule has 1 aromatic carbocycles. The monoisotopic (exact) mass is 239 g/mol. The van der Waals surface area contributed by atoms with Gasteiger partial charge in [-0.15, -0.1) is 0 Å². The number of fused-ring (bicyclic) bond motifs is 4. The molecule has 2 aromatic rings.